The van der Waals surface area contributed by atoms with E-state index in [1.165, 1.54) is 17.7 Å². The zero-order valence-electron chi connectivity index (χ0n) is 15.0. The molecule has 0 saturated heterocycles. The highest BCUT2D eigenvalue weighted by Gasteiger charge is 2.08. The fourth-order valence-electron chi connectivity index (χ4n) is 3.06. The summed E-state index contributed by atoms with van der Waals surface area (Å²) >= 11 is 0. The molecule has 0 fully saturated rings. The molecule has 0 aliphatic heterocycles. The lowest BCUT2D eigenvalue weighted by Crippen LogP contribution is -2.19. The van der Waals surface area contributed by atoms with Crippen molar-refractivity contribution in [3.05, 3.63) is 65.0 Å². The number of nitrogens with one attached hydrogen (secondary N) is 1. The number of aromatic amines is 1. The van der Waals surface area contributed by atoms with Crippen LogP contribution >= 0.6 is 0 Å². The van der Waals surface area contributed by atoms with Gasteiger partial charge in [0.2, 0.25) is 0 Å². The molecule has 6 heteroatoms. The second kappa shape index (κ2) is 7.61. The quantitative estimate of drug-likeness (QED) is 0.716. The Labute approximate surface area is 147 Å². The number of hydrogen-bond donors (Lipinski definition) is 1. The van der Waals surface area contributed by atoms with E-state index in [-0.39, 0.29) is 5.82 Å². The monoisotopic (exact) mass is 341 g/mol. The van der Waals surface area contributed by atoms with Crippen LogP contribution in [0.3, 0.4) is 0 Å². The van der Waals surface area contributed by atoms with Crippen LogP contribution < -0.4 is 0 Å². The highest BCUT2D eigenvalue weighted by atomic mass is 19.1. The lowest BCUT2D eigenvalue weighted by molar-refractivity contribution is 0.322. The summed E-state index contributed by atoms with van der Waals surface area (Å²) < 4.78 is 15.0. The Balaban J connectivity index is 1.52. The van der Waals surface area contributed by atoms with Crippen LogP contribution in [-0.2, 0) is 13.0 Å². The van der Waals surface area contributed by atoms with Crippen molar-refractivity contribution in [2.24, 2.45) is 0 Å². The Kier molecular flexibility index (Phi) is 5.28. The number of H-pyrrole nitrogens is 1. The normalized spacial score (nSPS) is 11.4. The maximum absolute atomic E-state index is 13.3. The molecule has 5 nitrogen and oxygen atoms in total. The molecule has 132 valence electrons. The number of aromatic nitrogens is 4. The van der Waals surface area contributed by atoms with Gasteiger partial charge in [0.1, 0.15) is 5.82 Å². The van der Waals surface area contributed by atoms with E-state index in [1.807, 2.05) is 25.4 Å². The molecule has 0 bridgehead atoms. The first-order chi connectivity index (χ1) is 12.0. The average molecular weight is 341 g/mol. The molecule has 1 aromatic carbocycles. The molecule has 0 aliphatic carbocycles. The Hall–Kier alpha value is -2.47. The molecule has 0 unspecified atom stereocenters. The first-order valence-electron chi connectivity index (χ1n) is 8.51. The van der Waals surface area contributed by atoms with Crippen molar-refractivity contribution in [2.75, 3.05) is 13.6 Å². The summed E-state index contributed by atoms with van der Waals surface area (Å²) in [5, 5.41) is 11.6. The minimum Gasteiger partial charge on any atom is -0.302 e. The van der Waals surface area contributed by atoms with Crippen molar-refractivity contribution >= 4 is 0 Å². The van der Waals surface area contributed by atoms with Crippen LogP contribution in [0.1, 0.15) is 28.9 Å². The van der Waals surface area contributed by atoms with E-state index in [9.17, 15) is 4.39 Å². The standard InChI is InChI=1S/C19H24FN5/c1-14-19(15(2)23-22-14)8-5-9-24(3)12-16-11-21-25(13-16)18-7-4-6-17(20)10-18/h4,6-7,10-11,13H,5,8-9,12H2,1-3H3,(H,22,23). The Morgan fingerprint density at radius 1 is 1.28 bits per heavy atom. The Morgan fingerprint density at radius 2 is 2.12 bits per heavy atom. The molecule has 3 rings (SSSR count). The van der Waals surface area contributed by atoms with Gasteiger partial charge in [0.05, 0.1) is 17.6 Å². The van der Waals surface area contributed by atoms with Crippen molar-refractivity contribution < 1.29 is 4.39 Å². The molecule has 2 aromatic heterocycles. The Morgan fingerprint density at radius 3 is 2.84 bits per heavy atom. The average Bonchev–Trinajstić information content (AvgIpc) is 3.16. The number of benzene rings is 1. The Bertz CT molecular complexity index is 816. The molecule has 2 heterocycles. The molecule has 0 atom stereocenters. The fraction of sp³-hybridized carbons (Fsp3) is 0.368. The van der Waals surface area contributed by atoms with E-state index in [2.05, 4.69) is 34.2 Å². The van der Waals surface area contributed by atoms with Gasteiger partial charge < -0.3 is 4.90 Å². The van der Waals surface area contributed by atoms with Crippen LogP contribution in [0.5, 0.6) is 0 Å². The van der Waals surface area contributed by atoms with Gasteiger partial charge in [0, 0.05) is 24.0 Å². The third-order valence-electron chi connectivity index (χ3n) is 4.41. The van der Waals surface area contributed by atoms with Gasteiger partial charge in [-0.05, 0) is 64.0 Å². The van der Waals surface area contributed by atoms with Gasteiger partial charge in [0.15, 0.2) is 0 Å². The van der Waals surface area contributed by atoms with E-state index >= 15 is 0 Å². The second-order valence-electron chi connectivity index (χ2n) is 6.53. The lowest BCUT2D eigenvalue weighted by Gasteiger charge is -2.15. The first kappa shape index (κ1) is 17.4. The van der Waals surface area contributed by atoms with Gasteiger partial charge >= 0.3 is 0 Å². The van der Waals surface area contributed by atoms with Crippen molar-refractivity contribution in [3.8, 4) is 5.69 Å². The third kappa shape index (κ3) is 4.33. The molecule has 3 aromatic rings. The van der Waals surface area contributed by atoms with E-state index in [4.69, 9.17) is 0 Å². The van der Waals surface area contributed by atoms with E-state index in [0.717, 1.165) is 48.6 Å². The number of hydrogen-bond acceptors (Lipinski definition) is 3. The van der Waals surface area contributed by atoms with Crippen LogP contribution in [0, 0.1) is 19.7 Å². The highest BCUT2D eigenvalue weighted by molar-refractivity contribution is 5.31. The minimum atomic E-state index is -0.253. The molecule has 0 saturated carbocycles. The molecule has 1 N–H and O–H groups in total. The summed E-state index contributed by atoms with van der Waals surface area (Å²) in [5.41, 5.74) is 5.43. The smallest absolute Gasteiger partial charge is 0.125 e. The topological polar surface area (TPSA) is 49.7 Å². The number of halogens is 1. The number of rotatable bonds is 7. The van der Waals surface area contributed by atoms with Crippen molar-refractivity contribution in [1.29, 1.82) is 0 Å². The van der Waals surface area contributed by atoms with Gasteiger partial charge in [-0.25, -0.2) is 9.07 Å². The molecular weight excluding hydrogens is 317 g/mol. The maximum atomic E-state index is 13.3. The summed E-state index contributed by atoms with van der Waals surface area (Å²) in [6, 6.07) is 6.46. The maximum Gasteiger partial charge on any atom is 0.125 e. The molecule has 0 aliphatic rings. The SMILES string of the molecule is Cc1n[nH]c(C)c1CCCN(C)Cc1cnn(-c2cccc(F)c2)c1. The lowest BCUT2D eigenvalue weighted by atomic mass is 10.1. The van der Waals surface area contributed by atoms with Crippen molar-refractivity contribution in [3.63, 3.8) is 0 Å². The molecule has 0 amide bonds. The summed E-state index contributed by atoms with van der Waals surface area (Å²) in [7, 11) is 2.11. The first-order valence-corrected chi connectivity index (χ1v) is 8.51. The van der Waals surface area contributed by atoms with E-state index in [0.29, 0.717) is 0 Å². The van der Waals surface area contributed by atoms with E-state index < -0.39 is 0 Å². The van der Waals surface area contributed by atoms with Crippen LogP contribution in [-0.4, -0.2) is 38.5 Å². The van der Waals surface area contributed by atoms with Gasteiger partial charge in [0.25, 0.3) is 0 Å². The minimum absolute atomic E-state index is 0.253. The summed E-state index contributed by atoms with van der Waals surface area (Å²) in [6.45, 7) is 5.93. The highest BCUT2D eigenvalue weighted by Crippen LogP contribution is 2.13. The molecular formula is C19H24FN5. The van der Waals surface area contributed by atoms with Gasteiger partial charge in [-0.3, -0.25) is 5.10 Å². The summed E-state index contributed by atoms with van der Waals surface area (Å²) in [5.74, 6) is -0.253. The van der Waals surface area contributed by atoms with E-state index in [1.54, 1.807) is 10.7 Å². The zero-order valence-corrected chi connectivity index (χ0v) is 15.0. The zero-order chi connectivity index (χ0) is 17.8. The van der Waals surface area contributed by atoms with Crippen LogP contribution in [0.2, 0.25) is 0 Å². The van der Waals surface area contributed by atoms with Gasteiger partial charge in [-0.15, -0.1) is 0 Å². The number of nitrogens with zero attached hydrogens (tertiary/aromatic N) is 4. The third-order valence-corrected chi connectivity index (χ3v) is 4.41. The molecule has 0 spiro atoms. The van der Waals surface area contributed by atoms with Crippen LogP contribution in [0.4, 0.5) is 4.39 Å². The van der Waals surface area contributed by atoms with Gasteiger partial charge in [-0.2, -0.15) is 10.2 Å². The second-order valence-corrected chi connectivity index (χ2v) is 6.53. The molecule has 0 radical (unpaired) electrons. The van der Waals surface area contributed by atoms with Crippen LogP contribution in [0.15, 0.2) is 36.7 Å². The molecule has 25 heavy (non-hydrogen) atoms. The largest absolute Gasteiger partial charge is 0.302 e. The van der Waals surface area contributed by atoms with Crippen molar-refractivity contribution in [2.45, 2.75) is 33.2 Å². The van der Waals surface area contributed by atoms with Gasteiger partial charge in [-0.1, -0.05) is 6.07 Å². The predicted molar refractivity (Wildman–Crippen MR) is 96.2 cm³/mol. The number of aryl methyl sites for hydroxylation is 2. The van der Waals surface area contributed by atoms with Crippen LogP contribution in [0.25, 0.3) is 5.69 Å². The van der Waals surface area contributed by atoms with Crippen molar-refractivity contribution in [1.82, 2.24) is 24.9 Å². The summed E-state index contributed by atoms with van der Waals surface area (Å²) in [4.78, 5) is 2.28. The predicted octanol–water partition coefficient (Wildman–Crippen LogP) is 3.42. The summed E-state index contributed by atoms with van der Waals surface area (Å²) in [6.07, 6.45) is 5.90. The fourth-order valence-corrected chi connectivity index (χ4v) is 3.06.